The molecule has 3 aliphatic carbocycles. The summed E-state index contributed by atoms with van der Waals surface area (Å²) in [6.07, 6.45) is 6.47. The molecule has 6 heteroatoms. The van der Waals surface area contributed by atoms with Crippen molar-refractivity contribution in [3.8, 4) is 0 Å². The number of aliphatic hydroxyl groups is 1. The predicted molar refractivity (Wildman–Crippen MR) is 95.3 cm³/mol. The fraction of sp³-hybridized carbons (Fsp3) is 0.667. The van der Waals surface area contributed by atoms with Crippen molar-refractivity contribution in [1.29, 1.82) is 0 Å². The second-order valence-electron chi connectivity index (χ2n) is 8.51. The lowest BCUT2D eigenvalue weighted by Crippen LogP contribution is -2.40. The molecule has 5 rings (SSSR count). The molecule has 2 heterocycles. The van der Waals surface area contributed by atoms with Gasteiger partial charge in [-0.2, -0.15) is 0 Å². The minimum Gasteiger partial charge on any atom is -0.462 e. The third-order valence-electron chi connectivity index (χ3n) is 6.60. The van der Waals surface area contributed by atoms with E-state index in [2.05, 4.69) is 19.1 Å². The van der Waals surface area contributed by atoms with Crippen LogP contribution in [0.25, 0.3) is 0 Å². The largest absolute Gasteiger partial charge is 0.462 e. The molecule has 6 nitrogen and oxygen atoms in total. The maximum absolute atomic E-state index is 12.5. The lowest BCUT2D eigenvalue weighted by Gasteiger charge is -2.38. The molecule has 1 saturated carbocycles. The molecule has 1 N–H and O–H groups in total. The standard InChI is InChI=1S/C21H26O6/c1-10-5-17-15(20(10)26-11(2)22)4-3-12-6-13(23)7-14-8-19(24)18(9-16(12)17)21(25)27-14/h3-4,9-10,12-17,20,23H,5-8H2,1-2H3/b18-9-/t10-,12+,13+,14+,15-,16-,17-,20-/m1/s1/i1+1,2+1,3+1,4+1,5+1,6+1,7+1,8+1,9+1,10+1,11+1,12+1,13+1,14+1,15+1,16+1,17+1,18+1,19+1,20+1,21+1. The predicted octanol–water partition coefficient (Wildman–Crippen LogP) is 1.96. The van der Waals surface area contributed by atoms with Crippen LogP contribution in [-0.4, -0.2) is 41.1 Å². The average Bonchev–Trinajstić information content (AvgIpc) is 2.87. The molecule has 2 aliphatic heterocycles. The van der Waals surface area contributed by atoms with E-state index >= 15 is 0 Å². The van der Waals surface area contributed by atoms with Crippen LogP contribution in [0.2, 0.25) is 0 Å². The molecule has 2 bridgehead atoms. The fourth-order valence-electron chi connectivity index (χ4n) is 5.48. The fourth-order valence-corrected chi connectivity index (χ4v) is 5.48. The molecule has 8 atom stereocenters. The van der Waals surface area contributed by atoms with Crippen LogP contribution in [0, 0.1) is 29.6 Å². The van der Waals surface area contributed by atoms with Gasteiger partial charge >= 0.3 is 11.9 Å². The number of allylic oxidation sites excluding steroid dienone is 2. The summed E-state index contributed by atoms with van der Waals surface area (Å²) in [7, 11) is 0. The first-order valence-corrected chi connectivity index (χ1v) is 9.83. The lowest BCUT2D eigenvalue weighted by molar-refractivity contribution is -0.153. The Morgan fingerprint density at radius 1 is 1.19 bits per heavy atom. The van der Waals surface area contributed by atoms with Crippen LogP contribution in [-0.2, 0) is 23.9 Å². The van der Waals surface area contributed by atoms with Gasteiger partial charge in [-0.05, 0) is 36.5 Å². The second-order valence-corrected chi connectivity index (χ2v) is 8.51. The zero-order valence-electron chi connectivity index (χ0n) is 15.7. The smallest absolute Gasteiger partial charge is 0.341 e. The van der Waals surface area contributed by atoms with Crippen molar-refractivity contribution in [2.75, 3.05) is 0 Å². The van der Waals surface area contributed by atoms with E-state index in [0.29, 0.717) is 12.8 Å². The number of fused-ring (bicyclic) bond motifs is 5. The Hall–Kier alpha value is -1.95. The molecule has 0 amide bonds. The van der Waals surface area contributed by atoms with Gasteiger partial charge in [0.2, 0.25) is 0 Å². The van der Waals surface area contributed by atoms with E-state index in [4.69, 9.17) is 9.47 Å². The number of carbonyl (C=O) groups is 3. The van der Waals surface area contributed by atoms with Gasteiger partial charge in [-0.3, -0.25) is 9.59 Å². The minimum absolute atomic E-state index is 0.0528. The second kappa shape index (κ2) is 6.89. The summed E-state index contributed by atoms with van der Waals surface area (Å²) in [6, 6.07) is 0. The summed E-state index contributed by atoms with van der Waals surface area (Å²) in [5, 5.41) is 10.5. The van der Waals surface area contributed by atoms with Crippen LogP contribution >= 0.6 is 0 Å². The van der Waals surface area contributed by atoms with Crippen molar-refractivity contribution in [2.24, 2.45) is 29.6 Å². The number of carbonyl (C=O) groups excluding carboxylic acids is 3. The third-order valence-corrected chi connectivity index (χ3v) is 6.60. The first kappa shape index (κ1) is 18.4. The molecule has 0 spiro atoms. The van der Waals surface area contributed by atoms with Gasteiger partial charge in [0.15, 0.2) is 5.78 Å². The van der Waals surface area contributed by atoms with Gasteiger partial charge in [0.05, 0.1) is 11.7 Å². The quantitative estimate of drug-likeness (QED) is 0.316. The number of Topliss-reactive ketones (excluding diaryl/α,β-unsaturated/α-hetero) is 1. The molecule has 0 unspecified atom stereocenters. The van der Waals surface area contributed by atoms with Crippen LogP contribution in [0.4, 0.5) is 0 Å². The Morgan fingerprint density at radius 3 is 2.67 bits per heavy atom. The summed E-state index contributed by atoms with van der Waals surface area (Å²) in [5.74, 6) is -0.642. The summed E-state index contributed by atoms with van der Waals surface area (Å²) < 4.78 is 11.0. The summed E-state index contributed by atoms with van der Waals surface area (Å²) in [5.41, 5.74) is 0.148. The molecule has 1 saturated heterocycles. The van der Waals surface area contributed by atoms with Gasteiger partial charge in [0, 0.05) is 25.7 Å². The number of esters is 2. The Labute approximate surface area is 158 Å². The molecule has 5 aliphatic rings. The van der Waals surface area contributed by atoms with Crippen LogP contribution in [0.1, 0.15) is 39.5 Å². The molecular weight excluding hydrogens is 369 g/mol. The molecule has 0 aromatic rings. The van der Waals surface area contributed by atoms with E-state index < -0.39 is 18.2 Å². The van der Waals surface area contributed by atoms with E-state index in [1.807, 2.05) is 0 Å². The third kappa shape index (κ3) is 3.35. The molecule has 0 aromatic carbocycles. The van der Waals surface area contributed by atoms with Crippen LogP contribution in [0.15, 0.2) is 23.8 Å². The van der Waals surface area contributed by atoms with Gasteiger partial charge in [-0.15, -0.1) is 0 Å². The normalized spacial score (nSPS) is 45.4. The highest BCUT2D eigenvalue weighted by Gasteiger charge is 2.49. The zero-order valence-corrected chi connectivity index (χ0v) is 15.7. The number of hydrogen-bond acceptors (Lipinski definition) is 6. The van der Waals surface area contributed by atoms with Gasteiger partial charge < -0.3 is 14.6 Å². The van der Waals surface area contributed by atoms with Gasteiger partial charge in [0.1, 0.15) is 12.2 Å². The van der Waals surface area contributed by atoms with Crippen LogP contribution < -0.4 is 0 Å². The Kier molecular flexibility index (Phi) is 4.70. The zero-order chi connectivity index (χ0) is 19.3. The van der Waals surface area contributed by atoms with Crippen molar-refractivity contribution in [3.63, 3.8) is 0 Å². The Bertz CT molecular complexity index is 702. The number of hydrogen-bond donors (Lipinski definition) is 1. The van der Waals surface area contributed by atoms with Crippen LogP contribution in [0.3, 0.4) is 0 Å². The number of ether oxygens (including phenoxy) is 2. The minimum atomic E-state index is -0.625. The van der Waals surface area contributed by atoms with Gasteiger partial charge in [0.25, 0.3) is 0 Å². The van der Waals surface area contributed by atoms with E-state index in [1.165, 1.54) is 6.92 Å². The highest BCUT2D eigenvalue weighted by atomic mass is 16.7. The SMILES string of the molecule is [13CH3][13C](=O)O[13C@H]1[13C@@H]2[13CH]=[13CH][13C@H]3[13CH2][13C@H](O)[13CH2][13C@H]4[13CH2][13C](=O)/[13C](=[13CH]/[13C@H]3[13C@@H]2[13CH2][13C@H]1[13CH3])[13C](=O)O4. The maximum atomic E-state index is 12.5. The molecular formula is C21H26O6. The molecule has 146 valence electrons. The molecule has 0 radical (unpaired) electrons. The first-order valence-electron chi connectivity index (χ1n) is 9.83. The number of aliphatic hydroxyl groups excluding tert-OH is 1. The molecule has 0 aromatic heterocycles. The summed E-state index contributed by atoms with van der Waals surface area (Å²) in [6.45, 7) is 3.49. The number of ketones is 1. The highest BCUT2D eigenvalue weighted by molar-refractivity contribution is 6.18. The highest BCUT2D eigenvalue weighted by Crippen LogP contribution is 2.50. The van der Waals surface area contributed by atoms with Crippen molar-refractivity contribution in [3.05, 3.63) is 23.8 Å². The molecule has 2 fully saturated rings. The average molecular weight is 395 g/mol. The first-order chi connectivity index (χ1) is 12.8. The van der Waals surface area contributed by atoms with Crippen molar-refractivity contribution < 1.29 is 29.0 Å². The topological polar surface area (TPSA) is 89.9 Å². The van der Waals surface area contributed by atoms with E-state index in [-0.39, 0.29) is 59.4 Å². The summed E-state index contributed by atoms with van der Waals surface area (Å²) >= 11 is 0. The maximum Gasteiger partial charge on any atom is 0.341 e. The van der Waals surface area contributed by atoms with E-state index in [9.17, 15) is 19.5 Å². The van der Waals surface area contributed by atoms with E-state index in [1.54, 1.807) is 6.08 Å². The van der Waals surface area contributed by atoms with Crippen LogP contribution in [0.5, 0.6) is 0 Å². The van der Waals surface area contributed by atoms with Gasteiger partial charge in [-0.1, -0.05) is 25.2 Å². The van der Waals surface area contributed by atoms with Crippen molar-refractivity contribution in [1.82, 2.24) is 0 Å². The van der Waals surface area contributed by atoms with Crippen molar-refractivity contribution >= 4 is 17.7 Å². The lowest BCUT2D eigenvalue weighted by atomic mass is 10.7. The summed E-state index contributed by atoms with van der Waals surface area (Å²) in [4.78, 5) is 36.4. The van der Waals surface area contributed by atoms with E-state index in [0.717, 1.165) is 6.42 Å². The Balaban J connectivity index is 1.72. The Morgan fingerprint density at radius 2 is 1.96 bits per heavy atom. The molecule has 27 heavy (non-hydrogen) atoms. The van der Waals surface area contributed by atoms with Gasteiger partial charge in [-0.25, -0.2) is 4.79 Å². The monoisotopic (exact) mass is 395 g/mol. The number of rotatable bonds is 1. The van der Waals surface area contributed by atoms with Crippen molar-refractivity contribution in [2.45, 2.75) is 57.8 Å².